The normalized spacial score (nSPS) is 9.18. The summed E-state index contributed by atoms with van der Waals surface area (Å²) in [7, 11) is 0. The molecule has 1 aromatic carbocycles. The predicted octanol–water partition coefficient (Wildman–Crippen LogP) is 1.73. The molecular formula is C6H4IN3O7. The quantitative estimate of drug-likeness (QED) is 0.492. The molecule has 17 heavy (non-hydrogen) atoms. The lowest BCUT2D eigenvalue weighted by molar-refractivity contribution is -0.404. The van der Waals surface area contributed by atoms with Crippen LogP contribution in [0.1, 0.15) is 0 Å². The van der Waals surface area contributed by atoms with Crippen molar-refractivity contribution in [3.05, 3.63) is 42.5 Å². The Morgan fingerprint density at radius 3 is 1.47 bits per heavy atom. The maximum absolute atomic E-state index is 10.4. The standard InChI is InChI=1S/C6H3N3O7.HI/c10-6-4(8(13)14)1-3(7(11)12)2-5(6)9(15)16;/h1-2,10H;1H. The summed E-state index contributed by atoms with van der Waals surface area (Å²) in [6, 6.07) is 0.894. The molecule has 0 radical (unpaired) electrons. The van der Waals surface area contributed by atoms with Gasteiger partial charge in [0.2, 0.25) is 0 Å². The van der Waals surface area contributed by atoms with Crippen LogP contribution in [-0.2, 0) is 0 Å². The van der Waals surface area contributed by atoms with E-state index in [1.165, 1.54) is 0 Å². The Kier molecular flexibility index (Phi) is 4.69. The van der Waals surface area contributed by atoms with Crippen LogP contribution in [0.5, 0.6) is 5.75 Å². The zero-order chi connectivity index (χ0) is 12.5. The fourth-order valence-corrected chi connectivity index (χ4v) is 0.974. The van der Waals surface area contributed by atoms with Crippen molar-refractivity contribution in [2.75, 3.05) is 0 Å². The zero-order valence-corrected chi connectivity index (χ0v) is 10.1. The minimum atomic E-state index is -1.21. The fraction of sp³-hybridized carbons (Fsp3) is 0. The van der Waals surface area contributed by atoms with Crippen LogP contribution in [0.2, 0.25) is 0 Å². The van der Waals surface area contributed by atoms with Crippen LogP contribution in [-0.4, -0.2) is 19.9 Å². The number of phenolic OH excluding ortho intramolecular Hbond substituents is 1. The fourth-order valence-electron chi connectivity index (χ4n) is 0.974. The van der Waals surface area contributed by atoms with E-state index in [2.05, 4.69) is 0 Å². The van der Waals surface area contributed by atoms with Crippen LogP contribution >= 0.6 is 24.0 Å². The molecule has 0 heterocycles. The molecule has 0 unspecified atom stereocenters. The van der Waals surface area contributed by atoms with Crippen LogP contribution < -0.4 is 0 Å². The highest BCUT2D eigenvalue weighted by atomic mass is 127. The van der Waals surface area contributed by atoms with E-state index in [0.29, 0.717) is 12.1 Å². The minimum absolute atomic E-state index is 0. The molecule has 11 heteroatoms. The maximum atomic E-state index is 10.4. The van der Waals surface area contributed by atoms with Crippen molar-refractivity contribution in [3.8, 4) is 5.75 Å². The second-order valence-electron chi connectivity index (χ2n) is 2.60. The molecule has 0 spiro atoms. The minimum Gasteiger partial charge on any atom is -0.497 e. The number of phenols is 1. The summed E-state index contributed by atoms with van der Waals surface area (Å²) in [5.41, 5.74) is -3.00. The molecule has 1 rings (SSSR count). The van der Waals surface area contributed by atoms with Crippen molar-refractivity contribution in [2.45, 2.75) is 0 Å². The molecule has 0 aliphatic rings. The average molecular weight is 357 g/mol. The number of non-ortho nitro benzene ring substituents is 1. The molecule has 0 atom stereocenters. The van der Waals surface area contributed by atoms with Gasteiger partial charge in [0.25, 0.3) is 11.4 Å². The molecule has 0 aliphatic heterocycles. The highest BCUT2D eigenvalue weighted by Crippen LogP contribution is 2.38. The summed E-state index contributed by atoms with van der Waals surface area (Å²) in [6.45, 7) is 0. The molecule has 1 aromatic rings. The molecule has 0 fully saturated rings. The second kappa shape index (κ2) is 5.33. The Balaban J connectivity index is 0.00000256. The van der Waals surface area contributed by atoms with Crippen LogP contribution in [0.4, 0.5) is 17.1 Å². The van der Waals surface area contributed by atoms with Crippen molar-refractivity contribution in [3.63, 3.8) is 0 Å². The van der Waals surface area contributed by atoms with E-state index in [9.17, 15) is 30.3 Å². The van der Waals surface area contributed by atoms with Crippen molar-refractivity contribution < 1.29 is 19.9 Å². The third kappa shape index (κ3) is 2.96. The van der Waals surface area contributed by atoms with Gasteiger partial charge in [-0.25, -0.2) is 0 Å². The third-order valence-corrected chi connectivity index (χ3v) is 1.66. The SMILES string of the molecule is I.O=[N+]([O-])c1cc([N+](=O)[O-])c(O)c([N+](=O)[O-])c1. The molecule has 10 nitrogen and oxygen atoms in total. The van der Waals surface area contributed by atoms with Gasteiger partial charge >= 0.3 is 11.4 Å². The topological polar surface area (TPSA) is 150 Å². The molecule has 92 valence electrons. The van der Waals surface area contributed by atoms with E-state index >= 15 is 0 Å². The van der Waals surface area contributed by atoms with E-state index < -0.39 is 37.6 Å². The Morgan fingerprint density at radius 1 is 0.882 bits per heavy atom. The van der Waals surface area contributed by atoms with E-state index in [-0.39, 0.29) is 24.0 Å². The van der Waals surface area contributed by atoms with Crippen molar-refractivity contribution in [2.24, 2.45) is 0 Å². The molecular weight excluding hydrogens is 353 g/mol. The van der Waals surface area contributed by atoms with Gasteiger partial charge in [-0.3, -0.25) is 30.3 Å². The van der Waals surface area contributed by atoms with Gasteiger partial charge in [-0.2, -0.15) is 0 Å². The summed E-state index contributed by atoms with van der Waals surface area (Å²) in [5, 5.41) is 40.2. The number of benzene rings is 1. The first-order valence-corrected chi connectivity index (χ1v) is 3.64. The zero-order valence-electron chi connectivity index (χ0n) is 7.80. The van der Waals surface area contributed by atoms with Crippen LogP contribution in [0.15, 0.2) is 12.1 Å². The maximum Gasteiger partial charge on any atom is 0.324 e. The molecule has 0 aromatic heterocycles. The number of nitrogens with zero attached hydrogens (tertiary/aromatic N) is 3. The molecule has 0 amide bonds. The summed E-state index contributed by atoms with van der Waals surface area (Å²) in [6.07, 6.45) is 0. The second-order valence-corrected chi connectivity index (χ2v) is 2.60. The van der Waals surface area contributed by atoms with Crippen molar-refractivity contribution >= 4 is 41.0 Å². The summed E-state index contributed by atoms with van der Waals surface area (Å²) in [4.78, 5) is 27.8. The molecule has 0 saturated carbocycles. The largest absolute Gasteiger partial charge is 0.497 e. The van der Waals surface area contributed by atoms with E-state index in [4.69, 9.17) is 5.11 Å². The number of hydrogen-bond donors (Lipinski definition) is 1. The van der Waals surface area contributed by atoms with Gasteiger partial charge in [0.1, 0.15) is 0 Å². The monoisotopic (exact) mass is 357 g/mol. The number of halogens is 1. The first-order chi connectivity index (χ1) is 7.34. The third-order valence-electron chi connectivity index (χ3n) is 1.66. The lowest BCUT2D eigenvalue weighted by Crippen LogP contribution is -1.97. The number of rotatable bonds is 3. The number of nitro benzene ring substituents is 3. The summed E-state index contributed by atoms with van der Waals surface area (Å²) < 4.78 is 0. The van der Waals surface area contributed by atoms with Gasteiger partial charge in [0, 0.05) is 0 Å². The number of aromatic hydroxyl groups is 1. The first-order valence-electron chi connectivity index (χ1n) is 3.64. The van der Waals surface area contributed by atoms with Crippen molar-refractivity contribution in [1.82, 2.24) is 0 Å². The van der Waals surface area contributed by atoms with E-state index in [1.54, 1.807) is 0 Å². The van der Waals surface area contributed by atoms with Gasteiger partial charge in [-0.1, -0.05) is 0 Å². The molecule has 0 saturated heterocycles. The Bertz CT molecular complexity index is 467. The van der Waals surface area contributed by atoms with Gasteiger partial charge in [-0.05, 0) is 0 Å². The highest BCUT2D eigenvalue weighted by Gasteiger charge is 2.29. The lowest BCUT2D eigenvalue weighted by atomic mass is 10.2. The van der Waals surface area contributed by atoms with Gasteiger partial charge in [0.15, 0.2) is 0 Å². The van der Waals surface area contributed by atoms with Crippen LogP contribution in [0.3, 0.4) is 0 Å². The highest BCUT2D eigenvalue weighted by molar-refractivity contribution is 14.0. The van der Waals surface area contributed by atoms with Gasteiger partial charge in [-0.15, -0.1) is 24.0 Å². The Hall–Kier alpha value is -2.05. The van der Waals surface area contributed by atoms with Crippen molar-refractivity contribution in [1.29, 1.82) is 0 Å². The van der Waals surface area contributed by atoms with Crippen LogP contribution in [0.25, 0.3) is 0 Å². The summed E-state index contributed by atoms with van der Waals surface area (Å²) >= 11 is 0. The lowest BCUT2D eigenvalue weighted by Gasteiger charge is -1.97. The Labute approximate surface area is 109 Å². The first kappa shape index (κ1) is 14.9. The number of nitro groups is 3. The molecule has 0 bridgehead atoms. The van der Waals surface area contributed by atoms with E-state index in [0.717, 1.165) is 0 Å². The molecule has 0 aliphatic carbocycles. The van der Waals surface area contributed by atoms with E-state index in [1.807, 2.05) is 0 Å². The van der Waals surface area contributed by atoms with Crippen LogP contribution in [0, 0.1) is 30.3 Å². The average Bonchev–Trinajstić information content (AvgIpc) is 2.16. The van der Waals surface area contributed by atoms with Gasteiger partial charge in [0.05, 0.1) is 26.9 Å². The molecule has 1 N–H and O–H groups in total. The summed E-state index contributed by atoms with van der Waals surface area (Å²) in [5.74, 6) is -1.21. The Morgan fingerprint density at radius 2 is 1.24 bits per heavy atom. The smallest absolute Gasteiger partial charge is 0.324 e. The predicted molar refractivity (Wildman–Crippen MR) is 63.5 cm³/mol. The van der Waals surface area contributed by atoms with Gasteiger partial charge < -0.3 is 5.11 Å². The number of hydrogen-bond acceptors (Lipinski definition) is 7.